The molecule has 1 aromatic carbocycles. The van der Waals surface area contributed by atoms with Crippen LogP contribution in [0.3, 0.4) is 0 Å². The van der Waals surface area contributed by atoms with Crippen molar-refractivity contribution in [1.82, 2.24) is 0 Å². The van der Waals surface area contributed by atoms with E-state index in [2.05, 4.69) is 0 Å². The molecule has 0 radical (unpaired) electrons. The van der Waals surface area contributed by atoms with E-state index in [1.807, 2.05) is 31.2 Å². The zero-order valence-corrected chi connectivity index (χ0v) is 12.3. The largest absolute Gasteiger partial charge is 0.466 e. The lowest BCUT2D eigenvalue weighted by Crippen LogP contribution is -2.24. The van der Waals surface area contributed by atoms with Crippen molar-refractivity contribution in [2.45, 2.75) is 33.6 Å². The van der Waals surface area contributed by atoms with Crippen LogP contribution in [0.5, 0.6) is 0 Å². The quantitative estimate of drug-likeness (QED) is 0.720. The fraction of sp³-hybridized carbons (Fsp3) is 0.500. The van der Waals surface area contributed by atoms with E-state index in [1.165, 1.54) is 0 Å². The smallest absolute Gasteiger partial charge is 0.309 e. The first kappa shape index (κ1) is 16.2. The molecule has 0 heterocycles. The summed E-state index contributed by atoms with van der Waals surface area (Å²) in [4.78, 5) is 23.5. The Morgan fingerprint density at radius 2 is 1.65 bits per heavy atom. The highest BCUT2D eigenvalue weighted by Gasteiger charge is 2.24. The van der Waals surface area contributed by atoms with E-state index in [0.717, 1.165) is 11.1 Å². The van der Waals surface area contributed by atoms with Crippen LogP contribution in [0.2, 0.25) is 0 Å². The van der Waals surface area contributed by atoms with E-state index in [9.17, 15) is 9.59 Å². The highest BCUT2D eigenvalue weighted by atomic mass is 16.5. The summed E-state index contributed by atoms with van der Waals surface area (Å²) < 4.78 is 9.94. The Kier molecular flexibility index (Phi) is 6.77. The number of aryl methyl sites for hydroxylation is 1. The van der Waals surface area contributed by atoms with Gasteiger partial charge in [0.15, 0.2) is 0 Å². The zero-order valence-electron chi connectivity index (χ0n) is 12.3. The Hall–Kier alpha value is -1.84. The van der Waals surface area contributed by atoms with E-state index in [-0.39, 0.29) is 18.4 Å². The summed E-state index contributed by atoms with van der Waals surface area (Å²) >= 11 is 0. The number of carbonyl (C=O) groups excluding carboxylic acids is 2. The maximum atomic E-state index is 11.9. The third kappa shape index (κ3) is 5.43. The summed E-state index contributed by atoms with van der Waals surface area (Å²) in [5.41, 5.74) is 2.17. The van der Waals surface area contributed by atoms with Crippen molar-refractivity contribution in [2.75, 3.05) is 13.2 Å². The van der Waals surface area contributed by atoms with Crippen LogP contribution < -0.4 is 0 Å². The molecule has 0 fully saturated rings. The monoisotopic (exact) mass is 278 g/mol. The minimum atomic E-state index is -0.489. The normalized spacial score (nSPS) is 11.8. The van der Waals surface area contributed by atoms with E-state index >= 15 is 0 Å². The van der Waals surface area contributed by atoms with Gasteiger partial charge in [0.05, 0.1) is 25.6 Å². The lowest BCUT2D eigenvalue weighted by Gasteiger charge is -2.15. The van der Waals surface area contributed by atoms with Crippen molar-refractivity contribution in [3.63, 3.8) is 0 Å². The van der Waals surface area contributed by atoms with Crippen molar-refractivity contribution in [2.24, 2.45) is 5.92 Å². The fourth-order valence-electron chi connectivity index (χ4n) is 1.93. The first-order valence-corrected chi connectivity index (χ1v) is 6.94. The molecule has 0 aliphatic heterocycles. The first-order valence-electron chi connectivity index (χ1n) is 6.94. The first-order chi connectivity index (χ1) is 9.56. The van der Waals surface area contributed by atoms with Crippen LogP contribution in [0.4, 0.5) is 0 Å². The van der Waals surface area contributed by atoms with Crippen LogP contribution in [0.25, 0.3) is 0 Å². The number of ether oxygens (including phenoxy) is 2. The summed E-state index contributed by atoms with van der Waals surface area (Å²) in [5, 5.41) is 0. The molecule has 0 spiro atoms. The second kappa shape index (κ2) is 8.35. The van der Waals surface area contributed by atoms with Crippen molar-refractivity contribution < 1.29 is 19.1 Å². The Labute approximate surface area is 120 Å². The molecule has 0 saturated carbocycles. The van der Waals surface area contributed by atoms with Gasteiger partial charge in [0.2, 0.25) is 0 Å². The zero-order chi connectivity index (χ0) is 15.0. The molecule has 110 valence electrons. The highest BCUT2D eigenvalue weighted by Crippen LogP contribution is 2.16. The highest BCUT2D eigenvalue weighted by molar-refractivity contribution is 5.80. The second-order valence-electron chi connectivity index (χ2n) is 4.65. The van der Waals surface area contributed by atoms with Gasteiger partial charge in [0.1, 0.15) is 0 Å². The SMILES string of the molecule is CCOC(=O)C[C@H](Cc1ccc(C)cc1)C(=O)OCC. The summed E-state index contributed by atoms with van der Waals surface area (Å²) in [6.07, 6.45) is 0.540. The average molecular weight is 278 g/mol. The molecule has 0 amide bonds. The Balaban J connectivity index is 2.73. The molecule has 0 saturated heterocycles. The van der Waals surface area contributed by atoms with E-state index in [0.29, 0.717) is 19.6 Å². The van der Waals surface area contributed by atoms with Crippen LogP contribution >= 0.6 is 0 Å². The molecule has 4 nitrogen and oxygen atoms in total. The van der Waals surface area contributed by atoms with Crippen molar-refractivity contribution >= 4 is 11.9 Å². The maximum absolute atomic E-state index is 11.9. The molecular formula is C16H22O4. The summed E-state index contributed by atoms with van der Waals surface area (Å²) in [7, 11) is 0. The minimum Gasteiger partial charge on any atom is -0.466 e. The van der Waals surface area contributed by atoms with Crippen LogP contribution in [0.15, 0.2) is 24.3 Å². The topological polar surface area (TPSA) is 52.6 Å². The summed E-state index contributed by atoms with van der Waals surface area (Å²) in [6.45, 7) is 6.14. The van der Waals surface area contributed by atoms with E-state index in [1.54, 1.807) is 13.8 Å². The Bertz CT molecular complexity index is 436. The molecule has 0 unspecified atom stereocenters. The number of benzene rings is 1. The van der Waals surface area contributed by atoms with E-state index < -0.39 is 5.92 Å². The molecular weight excluding hydrogens is 256 g/mol. The molecule has 0 N–H and O–H groups in total. The Morgan fingerprint density at radius 1 is 1.05 bits per heavy atom. The molecule has 20 heavy (non-hydrogen) atoms. The molecule has 0 bridgehead atoms. The Morgan fingerprint density at radius 3 is 2.20 bits per heavy atom. The van der Waals surface area contributed by atoms with Crippen LogP contribution in [-0.4, -0.2) is 25.2 Å². The summed E-state index contributed by atoms with van der Waals surface area (Å²) in [6, 6.07) is 7.91. The van der Waals surface area contributed by atoms with E-state index in [4.69, 9.17) is 9.47 Å². The van der Waals surface area contributed by atoms with Crippen LogP contribution in [0.1, 0.15) is 31.4 Å². The third-order valence-corrected chi connectivity index (χ3v) is 2.94. The molecule has 1 aromatic rings. The van der Waals surface area contributed by atoms with Crippen molar-refractivity contribution in [3.8, 4) is 0 Å². The van der Waals surface area contributed by atoms with Gasteiger partial charge in [-0.25, -0.2) is 0 Å². The molecule has 1 atom stereocenters. The van der Waals surface area contributed by atoms with Gasteiger partial charge in [0.25, 0.3) is 0 Å². The number of esters is 2. The fourth-order valence-corrected chi connectivity index (χ4v) is 1.93. The lowest BCUT2D eigenvalue weighted by molar-refractivity contribution is -0.154. The maximum Gasteiger partial charge on any atom is 0.309 e. The van der Waals surface area contributed by atoms with Crippen LogP contribution in [-0.2, 0) is 25.5 Å². The van der Waals surface area contributed by atoms with Crippen LogP contribution in [0, 0.1) is 12.8 Å². The standard InChI is InChI=1S/C16H22O4/c1-4-19-15(17)11-14(16(18)20-5-2)10-13-8-6-12(3)7-9-13/h6-9,14H,4-5,10-11H2,1-3H3/t14-/m0/s1. The number of carbonyl (C=O) groups is 2. The van der Waals surface area contributed by atoms with Gasteiger partial charge in [-0.1, -0.05) is 29.8 Å². The lowest BCUT2D eigenvalue weighted by atomic mass is 9.96. The molecule has 0 aliphatic carbocycles. The predicted molar refractivity (Wildman–Crippen MR) is 76.3 cm³/mol. The number of rotatable bonds is 7. The summed E-state index contributed by atoms with van der Waals surface area (Å²) in [5.74, 6) is -1.20. The molecule has 0 aliphatic rings. The van der Waals surface area contributed by atoms with Gasteiger partial charge in [-0.05, 0) is 32.8 Å². The molecule has 1 rings (SSSR count). The van der Waals surface area contributed by atoms with Gasteiger partial charge in [-0.3, -0.25) is 9.59 Å². The van der Waals surface area contributed by atoms with Crippen molar-refractivity contribution in [3.05, 3.63) is 35.4 Å². The molecule has 0 aromatic heterocycles. The van der Waals surface area contributed by atoms with Gasteiger partial charge >= 0.3 is 11.9 Å². The van der Waals surface area contributed by atoms with Gasteiger partial charge < -0.3 is 9.47 Å². The van der Waals surface area contributed by atoms with Crippen molar-refractivity contribution in [1.29, 1.82) is 0 Å². The minimum absolute atomic E-state index is 0.0561. The third-order valence-electron chi connectivity index (χ3n) is 2.94. The van der Waals surface area contributed by atoms with Gasteiger partial charge in [-0.2, -0.15) is 0 Å². The predicted octanol–water partition coefficient (Wildman–Crippen LogP) is 2.67. The number of hydrogen-bond donors (Lipinski definition) is 0. The second-order valence-corrected chi connectivity index (χ2v) is 4.65. The average Bonchev–Trinajstić information content (AvgIpc) is 2.41. The molecule has 4 heteroatoms. The van der Waals surface area contributed by atoms with Gasteiger partial charge in [-0.15, -0.1) is 0 Å². The van der Waals surface area contributed by atoms with Gasteiger partial charge in [0, 0.05) is 0 Å². The number of hydrogen-bond acceptors (Lipinski definition) is 4.